The molecule has 4 aromatic heterocycles. The Hall–Kier alpha value is -4.76. The lowest BCUT2D eigenvalue weighted by atomic mass is 10.0. The number of carboxylic acids is 2. The second-order valence-corrected chi connectivity index (χ2v) is 11.5. The second-order valence-electron chi connectivity index (χ2n) is 11.5. The van der Waals surface area contributed by atoms with Gasteiger partial charge in [-0.3, -0.25) is 9.59 Å². The van der Waals surface area contributed by atoms with Crippen LogP contribution in [0.15, 0.2) is 6.58 Å². The first-order chi connectivity index (χ1) is 20.9. The highest BCUT2D eigenvalue weighted by Gasteiger charge is 2.20. The average Bonchev–Trinajstić information content (AvgIpc) is 3.63. The molecule has 1 aliphatic rings. The van der Waals surface area contributed by atoms with Crippen LogP contribution in [-0.4, -0.2) is 49.2 Å². The van der Waals surface area contributed by atoms with E-state index in [0.717, 1.165) is 88.7 Å². The van der Waals surface area contributed by atoms with Gasteiger partial charge in [0, 0.05) is 75.3 Å². The number of nitrogens with one attached hydrogen (secondary N) is 4. The zero-order chi connectivity index (χ0) is 31.9. The van der Waals surface area contributed by atoms with Crippen LogP contribution in [0.2, 0.25) is 0 Å². The summed E-state index contributed by atoms with van der Waals surface area (Å²) in [5, 5.41) is 22.5. The van der Waals surface area contributed by atoms with E-state index in [1.807, 2.05) is 39.0 Å². The van der Waals surface area contributed by atoms with E-state index in [1.165, 1.54) is 0 Å². The summed E-state index contributed by atoms with van der Waals surface area (Å²) in [6.07, 6.45) is 10.5. The molecule has 5 rings (SSSR count). The van der Waals surface area contributed by atoms with Crippen LogP contribution in [0.4, 0.5) is 0 Å². The molecule has 230 valence electrons. The van der Waals surface area contributed by atoms with Crippen molar-refractivity contribution < 1.29 is 24.5 Å². The fourth-order valence-corrected chi connectivity index (χ4v) is 6.31. The van der Waals surface area contributed by atoms with Gasteiger partial charge < -0.3 is 34.9 Å². The first kappa shape index (κ1) is 30.7. The molecule has 0 amide bonds. The summed E-state index contributed by atoms with van der Waals surface area (Å²) in [6, 6.07) is 0. The van der Waals surface area contributed by atoms with Gasteiger partial charge in [-0.2, -0.15) is 0 Å². The van der Waals surface area contributed by atoms with Crippen molar-refractivity contribution in [3.63, 3.8) is 0 Å². The van der Waals surface area contributed by atoms with Crippen molar-refractivity contribution in [2.75, 3.05) is 7.11 Å². The molecule has 0 unspecified atom stereocenters. The molecule has 0 spiro atoms. The minimum absolute atomic E-state index is 0.0112. The molecule has 4 aromatic rings. The maximum absolute atomic E-state index is 11.6. The Bertz CT molecular complexity index is 2050. The van der Waals surface area contributed by atoms with Crippen LogP contribution in [0.1, 0.15) is 93.2 Å². The molecule has 9 nitrogen and oxygen atoms in total. The van der Waals surface area contributed by atoms with Crippen LogP contribution >= 0.6 is 0 Å². The fourth-order valence-electron chi connectivity index (χ4n) is 6.31. The van der Waals surface area contributed by atoms with Gasteiger partial charge in [0.25, 0.3) is 0 Å². The Balaban J connectivity index is 1.93. The molecule has 0 fully saturated rings. The van der Waals surface area contributed by atoms with Crippen LogP contribution in [-0.2, 0) is 27.2 Å². The van der Waals surface area contributed by atoms with Gasteiger partial charge in [0.2, 0.25) is 0 Å². The zero-order valence-corrected chi connectivity index (χ0v) is 26.1. The number of carboxylic acid groups (broad SMARTS) is 2. The van der Waals surface area contributed by atoms with E-state index in [2.05, 4.69) is 52.5 Å². The van der Waals surface area contributed by atoms with E-state index in [-0.39, 0.29) is 18.9 Å². The molecule has 1 atom stereocenters. The topological polar surface area (TPSA) is 147 Å². The summed E-state index contributed by atoms with van der Waals surface area (Å²) < 4.78 is 5.78. The number of hydrogen-bond acceptors (Lipinski definition) is 3. The van der Waals surface area contributed by atoms with E-state index in [1.54, 1.807) is 7.11 Å². The molecule has 6 N–H and O–H groups in total. The third-order valence-corrected chi connectivity index (χ3v) is 8.93. The average molecular weight is 597 g/mol. The lowest BCUT2D eigenvalue weighted by Gasteiger charge is -2.10. The third kappa shape index (κ3) is 5.63. The van der Waals surface area contributed by atoms with Crippen LogP contribution < -0.4 is 21.4 Å². The molecule has 1 aliphatic heterocycles. The van der Waals surface area contributed by atoms with E-state index in [4.69, 9.17) is 4.74 Å². The number of carbonyl (C=O) groups is 2. The van der Waals surface area contributed by atoms with Crippen molar-refractivity contribution in [1.82, 2.24) is 19.9 Å². The Morgan fingerprint density at radius 3 is 1.89 bits per heavy atom. The smallest absolute Gasteiger partial charge is 0.303 e. The van der Waals surface area contributed by atoms with Crippen molar-refractivity contribution in [2.45, 2.75) is 66.4 Å². The summed E-state index contributed by atoms with van der Waals surface area (Å²) in [5.74, 6) is -1.74. The van der Waals surface area contributed by atoms with Crippen LogP contribution in [0.25, 0.3) is 30.4 Å². The van der Waals surface area contributed by atoms with Gasteiger partial charge in [0.05, 0.1) is 6.10 Å². The highest BCUT2D eigenvalue weighted by Crippen LogP contribution is 2.28. The predicted molar refractivity (Wildman–Crippen MR) is 172 cm³/mol. The number of aromatic nitrogens is 4. The first-order valence-corrected chi connectivity index (χ1v) is 14.8. The molecule has 9 heteroatoms. The molecule has 44 heavy (non-hydrogen) atoms. The molecule has 0 radical (unpaired) electrons. The molecule has 8 bridgehead atoms. The molecule has 0 aromatic carbocycles. The number of aromatic amines is 4. The highest BCUT2D eigenvalue weighted by atomic mass is 16.5. The van der Waals surface area contributed by atoms with Gasteiger partial charge in [-0.25, -0.2) is 0 Å². The Kier molecular flexibility index (Phi) is 8.43. The van der Waals surface area contributed by atoms with Crippen LogP contribution in [0, 0.1) is 27.7 Å². The molecule has 0 saturated carbocycles. The summed E-state index contributed by atoms with van der Waals surface area (Å²) in [7, 11) is 1.70. The van der Waals surface area contributed by atoms with Crippen molar-refractivity contribution >= 4 is 42.3 Å². The largest absolute Gasteiger partial charge is 0.481 e. The molecule has 5 heterocycles. The predicted octanol–water partition coefficient (Wildman–Crippen LogP) is 3.25. The van der Waals surface area contributed by atoms with E-state index >= 15 is 0 Å². The zero-order valence-electron chi connectivity index (χ0n) is 26.1. The number of methoxy groups -OCH3 is 1. The number of H-pyrrole nitrogens is 4. The lowest BCUT2D eigenvalue weighted by Crippen LogP contribution is -2.14. The third-order valence-electron chi connectivity index (χ3n) is 8.93. The fraction of sp³-hybridized carbons (Fsp3) is 0.314. The minimum Gasteiger partial charge on any atom is -0.481 e. The Morgan fingerprint density at radius 2 is 1.25 bits per heavy atom. The van der Waals surface area contributed by atoms with Crippen LogP contribution in [0.5, 0.6) is 0 Å². The van der Waals surface area contributed by atoms with E-state index in [0.29, 0.717) is 12.8 Å². The SMILES string of the molecule is C=Cc1c(C)c2[nH]c1=Cc1[nH]c(c(CCC(=O)O)c1C)C=c1[nH]c(c(C)c1CCC(=O)O)=Cc1[nH]c(c([C@@H](C)OC)c1C)C=2. The molecular weight excluding hydrogens is 556 g/mol. The van der Waals surface area contributed by atoms with Crippen molar-refractivity contribution in [3.05, 3.63) is 95.3 Å². The first-order valence-electron chi connectivity index (χ1n) is 14.8. The van der Waals surface area contributed by atoms with E-state index < -0.39 is 11.9 Å². The number of ether oxygens (including phenoxy) is 1. The maximum atomic E-state index is 11.6. The monoisotopic (exact) mass is 596 g/mol. The molecule has 0 saturated heterocycles. The van der Waals surface area contributed by atoms with Gasteiger partial charge in [0.15, 0.2) is 0 Å². The van der Waals surface area contributed by atoms with Gasteiger partial charge in [-0.05, 0) is 105 Å². The van der Waals surface area contributed by atoms with Crippen LogP contribution in [0.3, 0.4) is 0 Å². The lowest BCUT2D eigenvalue weighted by molar-refractivity contribution is -0.138. The Morgan fingerprint density at radius 1 is 0.727 bits per heavy atom. The number of fused-ring (bicyclic) bond motifs is 8. The number of rotatable bonds is 9. The maximum Gasteiger partial charge on any atom is 0.303 e. The van der Waals surface area contributed by atoms with Crippen molar-refractivity contribution in [2.24, 2.45) is 0 Å². The quantitative estimate of drug-likeness (QED) is 0.155. The normalized spacial score (nSPS) is 13.0. The summed E-state index contributed by atoms with van der Waals surface area (Å²) in [4.78, 5) is 37.5. The van der Waals surface area contributed by atoms with Crippen molar-refractivity contribution in [3.8, 4) is 0 Å². The van der Waals surface area contributed by atoms with Crippen molar-refractivity contribution in [1.29, 1.82) is 0 Å². The van der Waals surface area contributed by atoms with Gasteiger partial charge in [-0.1, -0.05) is 12.7 Å². The standard InChI is InChI=1S/C35H40N4O5/c1-8-22-17(2)27-15-32-35(21(6)44-7)20(5)28(39-32)13-25-18(3)23(9-11-33(40)41)30(37-25)16-31-24(10-12-34(42)43)19(4)26(38-31)14-29(22)36-27/h8,13-16,21,36-39H,1,9-12H2,2-7H3,(H,40,41)(H,42,43)/t21-/m1/s1. The van der Waals surface area contributed by atoms with E-state index in [9.17, 15) is 19.8 Å². The summed E-state index contributed by atoms with van der Waals surface area (Å²) in [6.45, 7) is 14.2. The Labute approximate surface area is 255 Å². The van der Waals surface area contributed by atoms with Gasteiger partial charge in [0.1, 0.15) is 0 Å². The van der Waals surface area contributed by atoms with Gasteiger partial charge in [-0.15, -0.1) is 0 Å². The van der Waals surface area contributed by atoms with Gasteiger partial charge >= 0.3 is 11.9 Å². The molecular formula is C35H40N4O5. The number of hydrogen-bond donors (Lipinski definition) is 6. The second kappa shape index (κ2) is 12.1. The number of aliphatic carboxylic acids is 2. The summed E-state index contributed by atoms with van der Waals surface area (Å²) >= 11 is 0. The minimum atomic E-state index is -0.869. The highest BCUT2D eigenvalue weighted by molar-refractivity contribution is 5.70. The summed E-state index contributed by atoms with van der Waals surface area (Å²) in [5.41, 5.74) is 11.4. The molecule has 0 aliphatic carbocycles.